The first-order chi connectivity index (χ1) is 12.2. The van der Waals surface area contributed by atoms with Gasteiger partial charge in [0.25, 0.3) is 11.8 Å². The fraction of sp³-hybridized carbons (Fsp3) is 0.412. The Morgan fingerprint density at radius 3 is 2.56 bits per heavy atom. The van der Waals surface area contributed by atoms with E-state index in [1.54, 1.807) is 21.9 Å². The molecule has 2 saturated heterocycles. The Kier molecular flexibility index (Phi) is 3.96. The summed E-state index contributed by atoms with van der Waals surface area (Å²) in [5.74, 6) is -0.159. The van der Waals surface area contributed by atoms with E-state index in [4.69, 9.17) is 9.15 Å². The van der Waals surface area contributed by atoms with Crippen molar-refractivity contribution < 1.29 is 18.7 Å². The zero-order valence-corrected chi connectivity index (χ0v) is 13.6. The lowest BCUT2D eigenvalue weighted by atomic mass is 10.00. The smallest absolute Gasteiger partial charge is 0.257 e. The van der Waals surface area contributed by atoms with Crippen molar-refractivity contribution >= 4 is 11.8 Å². The number of ether oxygens (including phenoxy) is 1. The number of morpholine rings is 1. The molecule has 2 aliphatic heterocycles. The summed E-state index contributed by atoms with van der Waals surface area (Å²) in [5, 5.41) is 7.45. The molecule has 0 bridgehead atoms. The van der Waals surface area contributed by atoms with Gasteiger partial charge < -0.3 is 19.0 Å². The number of rotatable bonds is 2. The molecule has 130 valence electrons. The molecule has 1 spiro atoms. The van der Waals surface area contributed by atoms with Crippen LogP contribution in [0.2, 0.25) is 0 Å². The van der Waals surface area contributed by atoms with Crippen LogP contribution in [0.3, 0.4) is 0 Å². The molecule has 0 N–H and O–H groups in total. The molecular formula is C17H18N4O4. The highest BCUT2D eigenvalue weighted by Crippen LogP contribution is 2.30. The average molecular weight is 342 g/mol. The van der Waals surface area contributed by atoms with Gasteiger partial charge in [-0.1, -0.05) is 0 Å². The predicted octanol–water partition coefficient (Wildman–Crippen LogP) is 0.827. The molecule has 8 heteroatoms. The van der Waals surface area contributed by atoms with Gasteiger partial charge in [-0.3, -0.25) is 9.59 Å². The first-order valence-corrected chi connectivity index (χ1v) is 8.18. The summed E-state index contributed by atoms with van der Waals surface area (Å²) in [6, 6.07) is 3.31. The maximum Gasteiger partial charge on any atom is 0.257 e. The van der Waals surface area contributed by atoms with Gasteiger partial charge in [0.1, 0.15) is 11.9 Å². The molecule has 0 aromatic carbocycles. The van der Waals surface area contributed by atoms with Crippen LogP contribution in [0.5, 0.6) is 0 Å². The molecule has 4 rings (SSSR count). The molecule has 0 saturated carbocycles. The van der Waals surface area contributed by atoms with Crippen molar-refractivity contribution in [3.8, 4) is 0 Å². The Bertz CT molecular complexity index is 764. The van der Waals surface area contributed by atoms with Crippen LogP contribution in [-0.2, 0) is 4.74 Å². The van der Waals surface area contributed by atoms with Crippen molar-refractivity contribution in [3.63, 3.8) is 0 Å². The normalized spacial score (nSPS) is 23.2. The molecule has 8 nitrogen and oxygen atoms in total. The van der Waals surface area contributed by atoms with E-state index >= 15 is 0 Å². The number of carbonyl (C=O) groups excluding carboxylic acids is 2. The number of aromatic nitrogens is 2. The number of carbonyl (C=O) groups is 2. The van der Waals surface area contributed by atoms with Crippen molar-refractivity contribution in [1.29, 1.82) is 0 Å². The zero-order valence-electron chi connectivity index (χ0n) is 13.6. The molecule has 0 radical (unpaired) electrons. The largest absolute Gasteiger partial charge is 0.472 e. The maximum absolute atomic E-state index is 12.6. The first-order valence-electron chi connectivity index (χ1n) is 8.18. The Morgan fingerprint density at radius 2 is 1.84 bits per heavy atom. The molecule has 2 aliphatic rings. The third kappa shape index (κ3) is 3.00. The Hall–Kier alpha value is -2.74. The third-order valence-electron chi connectivity index (χ3n) is 4.74. The van der Waals surface area contributed by atoms with E-state index < -0.39 is 5.60 Å². The van der Waals surface area contributed by atoms with Gasteiger partial charge in [-0.2, -0.15) is 10.2 Å². The molecule has 4 heterocycles. The third-order valence-corrected chi connectivity index (χ3v) is 4.74. The summed E-state index contributed by atoms with van der Waals surface area (Å²) in [6.07, 6.45) is 6.60. The fourth-order valence-corrected chi connectivity index (χ4v) is 3.45. The van der Waals surface area contributed by atoms with Crippen LogP contribution in [0.15, 0.2) is 41.5 Å². The lowest BCUT2D eigenvalue weighted by molar-refractivity contribution is -0.0904. The van der Waals surface area contributed by atoms with Crippen LogP contribution in [0.1, 0.15) is 27.1 Å². The molecule has 2 fully saturated rings. The van der Waals surface area contributed by atoms with Gasteiger partial charge in [0.15, 0.2) is 0 Å². The molecule has 2 aromatic rings. The van der Waals surface area contributed by atoms with E-state index in [0.29, 0.717) is 50.3 Å². The molecule has 1 unspecified atom stereocenters. The van der Waals surface area contributed by atoms with Gasteiger partial charge in [0.05, 0.1) is 49.5 Å². The van der Waals surface area contributed by atoms with E-state index in [1.807, 2.05) is 0 Å². The van der Waals surface area contributed by atoms with E-state index in [0.717, 1.165) is 0 Å². The van der Waals surface area contributed by atoms with Crippen LogP contribution in [-0.4, -0.2) is 70.2 Å². The fourth-order valence-electron chi connectivity index (χ4n) is 3.45. The Morgan fingerprint density at radius 1 is 1.04 bits per heavy atom. The number of hydrogen-bond donors (Lipinski definition) is 0. The minimum atomic E-state index is -0.506. The highest BCUT2D eigenvalue weighted by Gasteiger charge is 2.45. The van der Waals surface area contributed by atoms with Gasteiger partial charge >= 0.3 is 0 Å². The first kappa shape index (κ1) is 15.8. The lowest BCUT2D eigenvalue weighted by Crippen LogP contribution is -2.55. The topological polar surface area (TPSA) is 88.8 Å². The van der Waals surface area contributed by atoms with Crippen LogP contribution < -0.4 is 0 Å². The van der Waals surface area contributed by atoms with Crippen molar-refractivity contribution in [1.82, 2.24) is 20.0 Å². The number of nitrogens with zero attached hydrogens (tertiary/aromatic N) is 4. The minimum absolute atomic E-state index is 0.0699. The molecule has 1 atom stereocenters. The quantitative estimate of drug-likeness (QED) is 0.803. The highest BCUT2D eigenvalue weighted by atomic mass is 16.5. The highest BCUT2D eigenvalue weighted by molar-refractivity contribution is 5.94. The van der Waals surface area contributed by atoms with Crippen LogP contribution in [0.25, 0.3) is 0 Å². The monoisotopic (exact) mass is 342 g/mol. The molecular weight excluding hydrogens is 324 g/mol. The number of hydrogen-bond acceptors (Lipinski definition) is 6. The second-order valence-electron chi connectivity index (χ2n) is 6.38. The van der Waals surface area contributed by atoms with Crippen molar-refractivity contribution in [2.24, 2.45) is 0 Å². The summed E-state index contributed by atoms with van der Waals surface area (Å²) in [7, 11) is 0. The lowest BCUT2D eigenvalue weighted by Gasteiger charge is -2.40. The number of furan rings is 1. The van der Waals surface area contributed by atoms with E-state index in [2.05, 4.69) is 10.2 Å². The van der Waals surface area contributed by atoms with E-state index in [1.165, 1.54) is 24.9 Å². The molecule has 2 aromatic heterocycles. The minimum Gasteiger partial charge on any atom is -0.472 e. The van der Waals surface area contributed by atoms with Crippen LogP contribution in [0, 0.1) is 0 Å². The Labute approximate surface area is 144 Å². The second-order valence-corrected chi connectivity index (χ2v) is 6.38. The molecule has 25 heavy (non-hydrogen) atoms. The van der Waals surface area contributed by atoms with Gasteiger partial charge in [0, 0.05) is 13.1 Å². The van der Waals surface area contributed by atoms with E-state index in [9.17, 15) is 9.59 Å². The predicted molar refractivity (Wildman–Crippen MR) is 85.8 cm³/mol. The SMILES string of the molecule is O=C(c1ccoc1)N1CCOC2(CCN(C(=O)c3ccnnc3)C2)C1. The molecule has 0 aliphatic carbocycles. The average Bonchev–Trinajstić information content (AvgIpc) is 3.32. The standard InChI is InChI=1S/C17H18N4O4/c22-15(13-1-4-18-19-9-13)20-5-3-17(11-20)12-21(6-8-25-17)16(23)14-2-7-24-10-14/h1-2,4,7,9-10H,3,5-6,8,11-12H2. The van der Waals surface area contributed by atoms with Gasteiger partial charge in [0.2, 0.25) is 0 Å². The number of likely N-dealkylation sites (tertiary alicyclic amines) is 1. The maximum atomic E-state index is 12.6. The van der Waals surface area contributed by atoms with Crippen molar-refractivity contribution in [3.05, 3.63) is 48.2 Å². The summed E-state index contributed by atoms with van der Waals surface area (Å²) in [5.41, 5.74) is 0.536. The summed E-state index contributed by atoms with van der Waals surface area (Å²) < 4.78 is 11.0. The van der Waals surface area contributed by atoms with Gasteiger partial charge in [-0.05, 0) is 18.6 Å². The van der Waals surface area contributed by atoms with E-state index in [-0.39, 0.29) is 11.8 Å². The summed E-state index contributed by atoms with van der Waals surface area (Å²) in [6.45, 7) is 2.52. The zero-order chi connectivity index (χ0) is 17.3. The van der Waals surface area contributed by atoms with Gasteiger partial charge in [-0.15, -0.1) is 0 Å². The van der Waals surface area contributed by atoms with Crippen LogP contribution in [0.4, 0.5) is 0 Å². The van der Waals surface area contributed by atoms with Crippen molar-refractivity contribution in [2.45, 2.75) is 12.0 Å². The summed E-state index contributed by atoms with van der Waals surface area (Å²) in [4.78, 5) is 28.7. The second kappa shape index (κ2) is 6.29. The van der Waals surface area contributed by atoms with Crippen molar-refractivity contribution in [2.75, 3.05) is 32.8 Å². The van der Waals surface area contributed by atoms with Gasteiger partial charge in [-0.25, -0.2) is 0 Å². The Balaban J connectivity index is 1.46. The number of amides is 2. The molecule has 2 amide bonds. The summed E-state index contributed by atoms with van der Waals surface area (Å²) >= 11 is 0. The van der Waals surface area contributed by atoms with Crippen LogP contribution >= 0.6 is 0 Å².